The summed E-state index contributed by atoms with van der Waals surface area (Å²) >= 11 is 1.95. The Balaban J connectivity index is 1.96. The number of benzene rings is 1. The topological polar surface area (TPSA) is 106 Å². The Bertz CT molecular complexity index is 982. The van der Waals surface area contributed by atoms with Crippen molar-refractivity contribution in [3.63, 3.8) is 0 Å². The number of halogens is 3. The van der Waals surface area contributed by atoms with E-state index in [1.54, 1.807) is 6.07 Å². The van der Waals surface area contributed by atoms with Crippen LogP contribution in [0.1, 0.15) is 0 Å². The predicted octanol–water partition coefficient (Wildman–Crippen LogP) is 3.47. The highest BCUT2D eigenvalue weighted by atomic mass is 127. The predicted molar refractivity (Wildman–Crippen MR) is 98.6 cm³/mol. The van der Waals surface area contributed by atoms with E-state index in [-0.39, 0.29) is 35.6 Å². The number of nitrogens with one attached hydrogen (secondary N) is 2. The molecule has 27 heavy (non-hydrogen) atoms. The van der Waals surface area contributed by atoms with Crippen LogP contribution in [0.25, 0.3) is 11.0 Å². The Kier molecular flexibility index (Phi) is 6.03. The number of hydroxylamine groups is 1. The lowest BCUT2D eigenvalue weighted by molar-refractivity contribution is 0.0228. The van der Waals surface area contributed by atoms with Crippen LogP contribution in [0, 0.1) is 15.2 Å². The van der Waals surface area contributed by atoms with E-state index in [1.165, 1.54) is 18.3 Å². The van der Waals surface area contributed by atoms with Crippen LogP contribution < -0.4 is 15.5 Å². The summed E-state index contributed by atoms with van der Waals surface area (Å²) in [6, 6.07) is 4.42. The second kappa shape index (κ2) is 8.45. The summed E-state index contributed by atoms with van der Waals surface area (Å²) in [4.78, 5) is 20.1. The zero-order valence-corrected chi connectivity index (χ0v) is 15.6. The number of anilines is 2. The summed E-state index contributed by atoms with van der Waals surface area (Å²) in [5.74, 6) is -1.77. The third-order valence-electron chi connectivity index (χ3n) is 3.25. The van der Waals surface area contributed by atoms with Crippen molar-refractivity contribution in [1.29, 1.82) is 0 Å². The van der Waals surface area contributed by atoms with Crippen molar-refractivity contribution in [3.8, 4) is 5.95 Å². The summed E-state index contributed by atoms with van der Waals surface area (Å²) < 4.78 is 39.0. The summed E-state index contributed by atoms with van der Waals surface area (Å²) in [6.45, 7) is -0.479. The minimum absolute atomic E-state index is 0.00872. The maximum absolute atomic E-state index is 14.2. The maximum atomic E-state index is 14.2. The molecule has 0 spiro atoms. The van der Waals surface area contributed by atoms with E-state index in [4.69, 9.17) is 14.3 Å². The van der Waals surface area contributed by atoms with E-state index in [2.05, 4.69) is 15.1 Å². The molecule has 0 saturated carbocycles. The molecule has 0 radical (unpaired) electrons. The van der Waals surface area contributed by atoms with Crippen molar-refractivity contribution >= 4 is 51.0 Å². The van der Waals surface area contributed by atoms with Crippen LogP contribution >= 0.6 is 22.6 Å². The van der Waals surface area contributed by atoms with Gasteiger partial charge in [0.25, 0.3) is 0 Å². The second-order valence-corrected chi connectivity index (χ2v) is 6.32. The number of carbonyl (C=O) groups excluding carboxylic acids is 1. The number of aliphatic hydroxyl groups is 1. The fourth-order valence-corrected chi connectivity index (χ4v) is 2.59. The zero-order chi connectivity index (χ0) is 19.4. The van der Waals surface area contributed by atoms with E-state index >= 15 is 0 Å². The molecule has 1 aromatic carbocycles. The third kappa shape index (κ3) is 4.43. The van der Waals surface area contributed by atoms with Gasteiger partial charge in [-0.25, -0.2) is 13.6 Å². The molecule has 0 aliphatic heterocycles. The Morgan fingerprint density at radius 3 is 2.85 bits per heavy atom. The molecule has 0 bridgehead atoms. The first-order valence-electron chi connectivity index (χ1n) is 7.48. The average molecular weight is 491 g/mol. The molecule has 0 aliphatic rings. The molecule has 11 heteroatoms. The smallest absolute Gasteiger partial charge is 0.420 e. The number of nitrogens with zero attached hydrogens (tertiary/aromatic N) is 1. The SMILES string of the molecule is O=C(NOCCO)Oc1oc2c(F)cncc2c1Nc1ccc(I)cc1F. The number of aliphatic hydroxyl groups excluding tert-OH is 1. The van der Waals surface area contributed by atoms with Gasteiger partial charge in [-0.2, -0.15) is 5.48 Å². The third-order valence-corrected chi connectivity index (χ3v) is 3.92. The number of rotatable bonds is 6. The lowest BCUT2D eigenvalue weighted by atomic mass is 10.2. The molecule has 142 valence electrons. The molecule has 8 nitrogen and oxygen atoms in total. The number of hydrogen-bond acceptors (Lipinski definition) is 7. The molecule has 2 heterocycles. The summed E-state index contributed by atoms with van der Waals surface area (Å²) in [5, 5.41) is 11.5. The number of hydrogen-bond donors (Lipinski definition) is 3. The van der Waals surface area contributed by atoms with E-state index < -0.39 is 23.7 Å². The molecule has 3 N–H and O–H groups in total. The van der Waals surface area contributed by atoms with Crippen molar-refractivity contribution in [2.75, 3.05) is 18.5 Å². The van der Waals surface area contributed by atoms with E-state index in [1.807, 2.05) is 28.1 Å². The molecule has 0 fully saturated rings. The molecule has 0 unspecified atom stereocenters. The van der Waals surface area contributed by atoms with E-state index in [0.29, 0.717) is 3.57 Å². The highest BCUT2D eigenvalue weighted by Gasteiger charge is 2.22. The van der Waals surface area contributed by atoms with Crippen molar-refractivity contribution < 1.29 is 32.7 Å². The normalized spacial score (nSPS) is 10.8. The minimum Gasteiger partial charge on any atom is -0.420 e. The van der Waals surface area contributed by atoms with Gasteiger partial charge in [0.1, 0.15) is 11.5 Å². The molecule has 3 aromatic rings. The fourth-order valence-electron chi connectivity index (χ4n) is 2.14. The van der Waals surface area contributed by atoms with Crippen LogP contribution in [-0.4, -0.2) is 29.4 Å². The first-order chi connectivity index (χ1) is 13.0. The molecule has 1 amide bonds. The van der Waals surface area contributed by atoms with Gasteiger partial charge in [-0.15, -0.1) is 0 Å². The van der Waals surface area contributed by atoms with Crippen LogP contribution in [0.5, 0.6) is 5.95 Å². The Morgan fingerprint density at radius 2 is 2.11 bits per heavy atom. The number of pyridine rings is 1. The monoisotopic (exact) mass is 491 g/mol. The highest BCUT2D eigenvalue weighted by molar-refractivity contribution is 14.1. The molecular weight excluding hydrogens is 479 g/mol. The van der Waals surface area contributed by atoms with Crippen LogP contribution in [0.4, 0.5) is 25.0 Å². The van der Waals surface area contributed by atoms with Crippen LogP contribution in [0.3, 0.4) is 0 Å². The fraction of sp³-hybridized carbons (Fsp3) is 0.125. The first kappa shape index (κ1) is 19.3. The molecule has 0 aliphatic carbocycles. The lowest BCUT2D eigenvalue weighted by Gasteiger charge is -2.09. The lowest BCUT2D eigenvalue weighted by Crippen LogP contribution is -2.28. The molecular formula is C16H12F2IN3O5. The molecule has 3 rings (SSSR count). The van der Waals surface area contributed by atoms with Crippen molar-refractivity contribution in [1.82, 2.24) is 10.5 Å². The summed E-state index contributed by atoms with van der Waals surface area (Å²) in [5.41, 5.74) is 1.75. The van der Waals surface area contributed by atoms with Crippen molar-refractivity contribution in [3.05, 3.63) is 45.8 Å². The van der Waals surface area contributed by atoms with Crippen molar-refractivity contribution in [2.24, 2.45) is 0 Å². The van der Waals surface area contributed by atoms with Gasteiger partial charge in [0.2, 0.25) is 0 Å². The van der Waals surface area contributed by atoms with Gasteiger partial charge < -0.3 is 19.6 Å². The largest absolute Gasteiger partial charge is 0.439 e. The highest BCUT2D eigenvalue weighted by Crippen LogP contribution is 2.40. The number of fused-ring (bicyclic) bond motifs is 1. The Hall–Kier alpha value is -2.51. The maximum Gasteiger partial charge on any atom is 0.439 e. The summed E-state index contributed by atoms with van der Waals surface area (Å²) in [6.07, 6.45) is 1.12. The minimum atomic E-state index is -1.08. The van der Waals surface area contributed by atoms with Gasteiger partial charge in [0, 0.05) is 9.77 Å². The van der Waals surface area contributed by atoms with Crippen molar-refractivity contribution in [2.45, 2.75) is 0 Å². The van der Waals surface area contributed by atoms with Crippen LogP contribution in [-0.2, 0) is 4.84 Å². The quantitative estimate of drug-likeness (QED) is 0.276. The number of furan rings is 1. The second-order valence-electron chi connectivity index (χ2n) is 5.08. The van der Waals surface area contributed by atoms with Gasteiger partial charge in [-0.3, -0.25) is 9.82 Å². The summed E-state index contributed by atoms with van der Waals surface area (Å²) in [7, 11) is 0. The molecule has 0 saturated heterocycles. The van der Waals surface area contributed by atoms with Gasteiger partial charge in [0.15, 0.2) is 11.4 Å². The Morgan fingerprint density at radius 1 is 1.30 bits per heavy atom. The van der Waals surface area contributed by atoms with E-state index in [0.717, 1.165) is 6.20 Å². The number of aromatic nitrogens is 1. The molecule has 0 atom stereocenters. The van der Waals surface area contributed by atoms with Crippen LogP contribution in [0.15, 0.2) is 35.0 Å². The first-order valence-corrected chi connectivity index (χ1v) is 8.56. The average Bonchev–Trinajstić information content (AvgIpc) is 2.96. The molecule has 2 aromatic heterocycles. The zero-order valence-electron chi connectivity index (χ0n) is 13.5. The number of carbonyl (C=O) groups is 1. The number of ether oxygens (including phenoxy) is 1. The van der Waals surface area contributed by atoms with Gasteiger partial charge in [0.05, 0.1) is 30.5 Å². The van der Waals surface area contributed by atoms with E-state index in [9.17, 15) is 13.6 Å². The van der Waals surface area contributed by atoms with Gasteiger partial charge in [-0.05, 0) is 40.8 Å². The standard InChI is InChI=1S/C16H12F2IN3O5/c17-10-5-8(19)1-2-12(10)21-13-9-6-20-7-11(18)14(9)26-15(13)27-16(24)22-25-4-3-23/h1-2,5-7,21,23H,3-4H2,(H,22,24). The van der Waals surface area contributed by atoms with Gasteiger partial charge in [-0.1, -0.05) is 0 Å². The van der Waals surface area contributed by atoms with Crippen LogP contribution in [0.2, 0.25) is 0 Å². The Labute approximate surface area is 164 Å². The number of amides is 1. The van der Waals surface area contributed by atoms with Gasteiger partial charge >= 0.3 is 12.0 Å².